The van der Waals surface area contributed by atoms with Crippen molar-refractivity contribution in [1.82, 2.24) is 5.32 Å². The molecule has 2 aliphatic heterocycles. The third-order valence-corrected chi connectivity index (χ3v) is 4.35. The minimum Gasteiger partial charge on any atom is -0.491 e. The number of amides is 1. The molecule has 3 rings (SSSR count). The lowest BCUT2D eigenvalue weighted by atomic mass is 10.1. The van der Waals surface area contributed by atoms with Gasteiger partial charge in [0.15, 0.2) is 0 Å². The van der Waals surface area contributed by atoms with Crippen LogP contribution >= 0.6 is 0 Å². The van der Waals surface area contributed by atoms with E-state index in [1.807, 2.05) is 12.1 Å². The SMILES string of the molecule is O=C(NCC[C@@H]1CCCO1)c1ccc(OC[C@H]2CCCO2)cc1. The smallest absolute Gasteiger partial charge is 0.251 e. The van der Waals surface area contributed by atoms with Gasteiger partial charge in [0.05, 0.1) is 12.2 Å². The van der Waals surface area contributed by atoms with E-state index in [9.17, 15) is 4.79 Å². The molecular weight excluding hydrogens is 294 g/mol. The van der Waals surface area contributed by atoms with Crippen LogP contribution in [0.25, 0.3) is 0 Å². The first-order valence-electron chi connectivity index (χ1n) is 8.55. The predicted octanol–water partition coefficient (Wildman–Crippen LogP) is 2.54. The van der Waals surface area contributed by atoms with E-state index in [4.69, 9.17) is 14.2 Å². The molecule has 0 spiro atoms. The van der Waals surface area contributed by atoms with Gasteiger partial charge in [-0.3, -0.25) is 4.79 Å². The highest BCUT2D eigenvalue weighted by molar-refractivity contribution is 5.94. The molecule has 2 aliphatic rings. The number of carbonyl (C=O) groups is 1. The zero-order valence-electron chi connectivity index (χ0n) is 13.5. The van der Waals surface area contributed by atoms with Crippen LogP contribution in [0.5, 0.6) is 5.75 Å². The lowest BCUT2D eigenvalue weighted by molar-refractivity contribution is 0.0679. The molecular formula is C18H25NO4. The van der Waals surface area contributed by atoms with Crippen molar-refractivity contribution >= 4 is 5.91 Å². The summed E-state index contributed by atoms with van der Waals surface area (Å²) in [6.07, 6.45) is 5.80. The number of nitrogens with one attached hydrogen (secondary N) is 1. The molecule has 1 N–H and O–H groups in total. The molecule has 1 amide bonds. The zero-order valence-corrected chi connectivity index (χ0v) is 13.5. The molecule has 5 nitrogen and oxygen atoms in total. The molecule has 2 heterocycles. The Balaban J connectivity index is 1.39. The molecule has 0 radical (unpaired) electrons. The van der Waals surface area contributed by atoms with Gasteiger partial charge in [0.2, 0.25) is 0 Å². The van der Waals surface area contributed by atoms with Crippen molar-refractivity contribution in [2.75, 3.05) is 26.4 Å². The van der Waals surface area contributed by atoms with E-state index in [0.29, 0.717) is 24.8 Å². The second-order valence-corrected chi connectivity index (χ2v) is 6.15. The number of ether oxygens (including phenoxy) is 3. The average molecular weight is 319 g/mol. The molecule has 23 heavy (non-hydrogen) atoms. The van der Waals surface area contributed by atoms with Crippen molar-refractivity contribution in [3.8, 4) is 5.75 Å². The fourth-order valence-corrected chi connectivity index (χ4v) is 2.99. The standard InChI is InChI=1S/C18H25NO4/c20-18(19-10-9-15-3-1-11-21-15)14-5-7-16(8-6-14)23-13-17-4-2-12-22-17/h5-8,15,17H,1-4,9-13H2,(H,19,20)/t15-,17+/m0/s1. The Hall–Kier alpha value is -1.59. The van der Waals surface area contributed by atoms with E-state index in [1.165, 1.54) is 0 Å². The highest BCUT2D eigenvalue weighted by atomic mass is 16.5. The van der Waals surface area contributed by atoms with Crippen molar-refractivity contribution < 1.29 is 19.0 Å². The second kappa shape index (κ2) is 8.31. The molecule has 1 aromatic rings. The maximum absolute atomic E-state index is 12.1. The van der Waals surface area contributed by atoms with Crippen LogP contribution in [-0.2, 0) is 9.47 Å². The Morgan fingerprint density at radius 2 is 1.78 bits per heavy atom. The predicted molar refractivity (Wildman–Crippen MR) is 86.8 cm³/mol. The molecule has 0 aromatic heterocycles. The number of carbonyl (C=O) groups excluding carboxylic acids is 1. The number of hydrogen-bond donors (Lipinski definition) is 1. The van der Waals surface area contributed by atoms with Crippen LogP contribution in [-0.4, -0.2) is 44.5 Å². The summed E-state index contributed by atoms with van der Waals surface area (Å²) in [7, 11) is 0. The van der Waals surface area contributed by atoms with Crippen molar-refractivity contribution in [2.24, 2.45) is 0 Å². The van der Waals surface area contributed by atoms with Crippen molar-refractivity contribution in [2.45, 2.75) is 44.3 Å². The fourth-order valence-electron chi connectivity index (χ4n) is 2.99. The molecule has 2 atom stereocenters. The van der Waals surface area contributed by atoms with Gasteiger partial charge in [0.1, 0.15) is 12.4 Å². The zero-order chi connectivity index (χ0) is 15.9. The third-order valence-electron chi connectivity index (χ3n) is 4.35. The molecule has 0 unspecified atom stereocenters. The van der Waals surface area contributed by atoms with E-state index in [2.05, 4.69) is 5.32 Å². The van der Waals surface area contributed by atoms with Gasteiger partial charge in [-0.05, 0) is 56.4 Å². The van der Waals surface area contributed by atoms with Crippen LogP contribution in [0.1, 0.15) is 42.5 Å². The summed E-state index contributed by atoms with van der Waals surface area (Å²) in [5.74, 6) is 0.727. The van der Waals surface area contributed by atoms with E-state index < -0.39 is 0 Å². The Bertz CT molecular complexity index is 490. The van der Waals surface area contributed by atoms with E-state index in [0.717, 1.165) is 51.1 Å². The van der Waals surface area contributed by atoms with Crippen molar-refractivity contribution in [1.29, 1.82) is 0 Å². The van der Waals surface area contributed by atoms with Gasteiger partial charge in [-0.25, -0.2) is 0 Å². The van der Waals surface area contributed by atoms with Crippen LogP contribution in [0.2, 0.25) is 0 Å². The summed E-state index contributed by atoms with van der Waals surface area (Å²) in [6.45, 7) is 2.92. The largest absolute Gasteiger partial charge is 0.491 e. The molecule has 1 aromatic carbocycles. The highest BCUT2D eigenvalue weighted by Crippen LogP contribution is 2.17. The first-order chi connectivity index (χ1) is 11.3. The summed E-state index contributed by atoms with van der Waals surface area (Å²) >= 11 is 0. The monoisotopic (exact) mass is 319 g/mol. The number of hydrogen-bond acceptors (Lipinski definition) is 4. The van der Waals surface area contributed by atoms with Crippen molar-refractivity contribution in [3.05, 3.63) is 29.8 Å². The lowest BCUT2D eigenvalue weighted by Crippen LogP contribution is -2.27. The summed E-state index contributed by atoms with van der Waals surface area (Å²) < 4.78 is 16.8. The lowest BCUT2D eigenvalue weighted by Gasteiger charge is -2.12. The number of rotatable bonds is 7. The third kappa shape index (κ3) is 4.94. The summed E-state index contributed by atoms with van der Waals surface area (Å²) in [5, 5.41) is 2.94. The molecule has 0 saturated carbocycles. The van der Waals surface area contributed by atoms with Crippen LogP contribution in [0.4, 0.5) is 0 Å². The van der Waals surface area contributed by atoms with Crippen molar-refractivity contribution in [3.63, 3.8) is 0 Å². The Morgan fingerprint density at radius 1 is 1.09 bits per heavy atom. The first kappa shape index (κ1) is 16.3. The summed E-state index contributed by atoms with van der Waals surface area (Å²) in [6, 6.07) is 7.27. The van der Waals surface area contributed by atoms with Crippen LogP contribution in [0.15, 0.2) is 24.3 Å². The maximum atomic E-state index is 12.1. The molecule has 0 bridgehead atoms. The van der Waals surface area contributed by atoms with Gasteiger partial charge in [-0.15, -0.1) is 0 Å². The van der Waals surface area contributed by atoms with E-state index in [1.54, 1.807) is 12.1 Å². The summed E-state index contributed by atoms with van der Waals surface area (Å²) in [5.41, 5.74) is 0.654. The number of benzene rings is 1. The average Bonchev–Trinajstić information content (AvgIpc) is 3.27. The van der Waals surface area contributed by atoms with Gasteiger partial charge in [0.25, 0.3) is 5.91 Å². The topological polar surface area (TPSA) is 56.8 Å². The molecule has 2 fully saturated rings. The van der Waals surface area contributed by atoms with Crippen LogP contribution in [0, 0.1) is 0 Å². The Kier molecular flexibility index (Phi) is 5.88. The normalized spacial score (nSPS) is 23.8. The summed E-state index contributed by atoms with van der Waals surface area (Å²) in [4.78, 5) is 12.1. The molecule has 5 heteroatoms. The van der Waals surface area contributed by atoms with E-state index >= 15 is 0 Å². The fraction of sp³-hybridized carbons (Fsp3) is 0.611. The molecule has 0 aliphatic carbocycles. The van der Waals surface area contributed by atoms with Gasteiger partial charge < -0.3 is 19.5 Å². The van der Waals surface area contributed by atoms with Gasteiger partial charge >= 0.3 is 0 Å². The van der Waals surface area contributed by atoms with Gasteiger partial charge in [0, 0.05) is 25.3 Å². The molecule has 126 valence electrons. The maximum Gasteiger partial charge on any atom is 0.251 e. The first-order valence-corrected chi connectivity index (χ1v) is 8.55. The van der Waals surface area contributed by atoms with Gasteiger partial charge in [-0.1, -0.05) is 0 Å². The quantitative estimate of drug-likeness (QED) is 0.839. The minimum absolute atomic E-state index is 0.0475. The van der Waals surface area contributed by atoms with Crippen LogP contribution < -0.4 is 10.1 Å². The molecule has 2 saturated heterocycles. The van der Waals surface area contributed by atoms with E-state index in [-0.39, 0.29) is 12.0 Å². The Morgan fingerprint density at radius 3 is 2.43 bits per heavy atom. The minimum atomic E-state index is -0.0475. The van der Waals surface area contributed by atoms with Gasteiger partial charge in [-0.2, -0.15) is 0 Å². The second-order valence-electron chi connectivity index (χ2n) is 6.15. The highest BCUT2D eigenvalue weighted by Gasteiger charge is 2.17. The Labute approximate surface area is 137 Å². The van der Waals surface area contributed by atoms with Crippen LogP contribution in [0.3, 0.4) is 0 Å².